The van der Waals surface area contributed by atoms with E-state index in [1.54, 1.807) is 0 Å². The number of benzene rings is 2. The van der Waals surface area contributed by atoms with Crippen molar-refractivity contribution in [3.8, 4) is 5.75 Å². The number of pyridine rings is 1. The molecule has 12 heteroatoms. The predicted molar refractivity (Wildman–Crippen MR) is 124 cm³/mol. The van der Waals surface area contributed by atoms with Gasteiger partial charge >= 0.3 is 5.97 Å². The molecule has 1 amide bonds. The minimum absolute atomic E-state index is 0.00593. The second kappa shape index (κ2) is 10.4. The number of hydrogen-bond donors (Lipinski definition) is 2. The summed E-state index contributed by atoms with van der Waals surface area (Å²) in [6, 6.07) is 10.5. The number of hydrogen-bond acceptors (Lipinski definition) is 6. The molecule has 1 aliphatic heterocycles. The summed E-state index contributed by atoms with van der Waals surface area (Å²) >= 11 is 0. The van der Waals surface area contributed by atoms with Crippen molar-refractivity contribution in [3.63, 3.8) is 0 Å². The normalized spacial score (nSPS) is 14.8. The Morgan fingerprint density at radius 1 is 1.03 bits per heavy atom. The maximum absolute atomic E-state index is 14.3. The van der Waals surface area contributed by atoms with E-state index in [2.05, 4.69) is 10.3 Å². The van der Waals surface area contributed by atoms with Gasteiger partial charge in [-0.05, 0) is 49.2 Å². The van der Waals surface area contributed by atoms with E-state index in [1.165, 1.54) is 40.7 Å². The standard InChI is InChI=1S/C24H21F2N3O6S/c25-17-6-9-20(19(26)13-17)35-22(23(30)28-21-10-5-16(14-27-21)24(31)32)15-3-7-18(8-4-15)36(33,34)29-11-1-2-12-29/h3-10,13-14,22H,1-2,11-12H2,(H,31,32)(H,27,28,30). The van der Waals surface area contributed by atoms with Gasteiger partial charge in [0.25, 0.3) is 5.91 Å². The molecule has 1 saturated heterocycles. The minimum Gasteiger partial charge on any atom is -0.478 e. The molecule has 3 aromatic rings. The molecule has 4 rings (SSSR count). The number of aromatic nitrogens is 1. The van der Waals surface area contributed by atoms with Crippen molar-refractivity contribution in [1.82, 2.24) is 9.29 Å². The summed E-state index contributed by atoms with van der Waals surface area (Å²) < 4.78 is 60.2. The predicted octanol–water partition coefficient (Wildman–Crippen LogP) is 3.60. The highest BCUT2D eigenvalue weighted by atomic mass is 32.2. The van der Waals surface area contributed by atoms with Crippen LogP contribution in [0.3, 0.4) is 0 Å². The van der Waals surface area contributed by atoms with Gasteiger partial charge in [0.15, 0.2) is 11.6 Å². The third kappa shape index (κ3) is 5.50. The van der Waals surface area contributed by atoms with Crippen molar-refractivity contribution in [2.45, 2.75) is 23.8 Å². The summed E-state index contributed by atoms with van der Waals surface area (Å²) in [6.07, 6.45) is 1.12. The van der Waals surface area contributed by atoms with Crippen LogP contribution in [-0.2, 0) is 14.8 Å². The van der Waals surface area contributed by atoms with E-state index < -0.39 is 45.4 Å². The summed E-state index contributed by atoms with van der Waals surface area (Å²) in [5.74, 6) is -4.27. The molecule has 1 aliphatic rings. The molecule has 0 aliphatic carbocycles. The van der Waals surface area contributed by atoms with E-state index in [0.717, 1.165) is 31.2 Å². The Labute approximate surface area is 205 Å². The van der Waals surface area contributed by atoms with Crippen LogP contribution in [0.4, 0.5) is 14.6 Å². The van der Waals surface area contributed by atoms with Crippen LogP contribution in [0.5, 0.6) is 5.75 Å². The number of carbonyl (C=O) groups excluding carboxylic acids is 1. The van der Waals surface area contributed by atoms with Crippen molar-refractivity contribution in [1.29, 1.82) is 0 Å². The van der Waals surface area contributed by atoms with E-state index in [4.69, 9.17) is 9.84 Å². The highest BCUT2D eigenvalue weighted by Gasteiger charge is 2.29. The van der Waals surface area contributed by atoms with Crippen LogP contribution in [0.1, 0.15) is 34.9 Å². The summed E-state index contributed by atoms with van der Waals surface area (Å²) in [6.45, 7) is 0.853. The van der Waals surface area contributed by atoms with Gasteiger partial charge in [-0.3, -0.25) is 4.79 Å². The number of carboxylic acid groups (broad SMARTS) is 1. The van der Waals surface area contributed by atoms with E-state index >= 15 is 0 Å². The second-order valence-electron chi connectivity index (χ2n) is 7.98. The number of sulfonamides is 1. The van der Waals surface area contributed by atoms with Crippen molar-refractivity contribution < 1.29 is 36.6 Å². The van der Waals surface area contributed by atoms with Gasteiger partial charge < -0.3 is 15.2 Å². The molecule has 0 radical (unpaired) electrons. The molecular weight excluding hydrogens is 496 g/mol. The third-order valence-corrected chi connectivity index (χ3v) is 7.44. The van der Waals surface area contributed by atoms with Crippen LogP contribution < -0.4 is 10.1 Å². The molecule has 36 heavy (non-hydrogen) atoms. The number of amides is 1. The highest BCUT2D eigenvalue weighted by molar-refractivity contribution is 7.89. The number of aromatic carboxylic acids is 1. The average Bonchev–Trinajstić information content (AvgIpc) is 3.40. The van der Waals surface area contributed by atoms with E-state index in [9.17, 15) is 26.8 Å². The average molecular weight is 518 g/mol. The molecule has 0 saturated carbocycles. The Hall–Kier alpha value is -3.90. The van der Waals surface area contributed by atoms with Crippen molar-refractivity contribution in [2.75, 3.05) is 18.4 Å². The summed E-state index contributed by atoms with van der Waals surface area (Å²) in [5.41, 5.74) is 0.0998. The fraction of sp³-hybridized carbons (Fsp3) is 0.208. The molecule has 0 bridgehead atoms. The summed E-state index contributed by atoms with van der Waals surface area (Å²) in [4.78, 5) is 28.0. The summed E-state index contributed by atoms with van der Waals surface area (Å²) in [5, 5.41) is 11.5. The van der Waals surface area contributed by atoms with E-state index in [0.29, 0.717) is 19.2 Å². The third-order valence-electron chi connectivity index (χ3n) is 5.52. The van der Waals surface area contributed by atoms with Gasteiger partial charge in [0.1, 0.15) is 11.6 Å². The first-order valence-corrected chi connectivity index (χ1v) is 12.3. The molecule has 2 aromatic carbocycles. The monoisotopic (exact) mass is 517 g/mol. The van der Waals surface area contributed by atoms with Crippen molar-refractivity contribution in [2.24, 2.45) is 0 Å². The van der Waals surface area contributed by atoms with Crippen molar-refractivity contribution in [3.05, 3.63) is 83.6 Å². The van der Waals surface area contributed by atoms with Gasteiger partial charge in [-0.15, -0.1) is 0 Å². The number of anilines is 1. The van der Waals surface area contributed by atoms with Crippen molar-refractivity contribution >= 4 is 27.7 Å². The zero-order chi connectivity index (χ0) is 25.9. The first-order valence-electron chi connectivity index (χ1n) is 10.9. The lowest BCUT2D eigenvalue weighted by Gasteiger charge is -2.20. The number of carbonyl (C=O) groups is 2. The summed E-state index contributed by atoms with van der Waals surface area (Å²) in [7, 11) is -3.70. The van der Waals surface area contributed by atoms with Crippen LogP contribution in [0.2, 0.25) is 0 Å². The molecule has 1 unspecified atom stereocenters. The van der Waals surface area contributed by atoms with Gasteiger partial charge in [0, 0.05) is 30.9 Å². The lowest BCUT2D eigenvalue weighted by molar-refractivity contribution is -0.123. The number of ether oxygens (including phenoxy) is 1. The first kappa shape index (κ1) is 25.2. The van der Waals surface area contributed by atoms with Crippen LogP contribution in [0.15, 0.2) is 65.7 Å². The second-order valence-corrected chi connectivity index (χ2v) is 9.92. The Kier molecular flexibility index (Phi) is 7.27. The maximum Gasteiger partial charge on any atom is 0.337 e. The Bertz CT molecular complexity index is 1380. The number of carboxylic acids is 1. The Balaban J connectivity index is 1.63. The number of rotatable bonds is 8. The maximum atomic E-state index is 14.3. The molecule has 9 nitrogen and oxygen atoms in total. The Morgan fingerprint density at radius 3 is 2.31 bits per heavy atom. The SMILES string of the molecule is O=C(O)c1ccc(NC(=O)C(Oc2ccc(F)cc2F)c2ccc(S(=O)(=O)N3CCCC3)cc2)nc1. The van der Waals surface area contributed by atoms with Crippen LogP contribution in [0, 0.1) is 11.6 Å². The van der Waals surface area contributed by atoms with Crippen LogP contribution in [-0.4, -0.2) is 47.8 Å². The topological polar surface area (TPSA) is 126 Å². The minimum atomic E-state index is -3.70. The van der Waals surface area contributed by atoms with E-state index in [-0.39, 0.29) is 21.8 Å². The molecule has 2 N–H and O–H groups in total. The zero-order valence-electron chi connectivity index (χ0n) is 18.7. The smallest absolute Gasteiger partial charge is 0.337 e. The van der Waals surface area contributed by atoms with Gasteiger partial charge in [-0.1, -0.05) is 12.1 Å². The molecule has 1 fully saturated rings. The van der Waals surface area contributed by atoms with Crippen LogP contribution >= 0.6 is 0 Å². The fourth-order valence-corrected chi connectivity index (χ4v) is 5.17. The lowest BCUT2D eigenvalue weighted by atomic mass is 10.1. The quantitative estimate of drug-likeness (QED) is 0.468. The molecule has 1 aromatic heterocycles. The van der Waals surface area contributed by atoms with Gasteiger partial charge in [-0.2, -0.15) is 4.31 Å². The lowest BCUT2D eigenvalue weighted by Crippen LogP contribution is -2.28. The molecule has 1 atom stereocenters. The molecular formula is C24H21F2N3O6S. The zero-order valence-corrected chi connectivity index (χ0v) is 19.5. The first-order chi connectivity index (χ1) is 17.1. The Morgan fingerprint density at radius 2 is 1.72 bits per heavy atom. The fourth-order valence-electron chi connectivity index (χ4n) is 3.65. The van der Waals surface area contributed by atoms with Gasteiger partial charge in [0.05, 0.1) is 10.5 Å². The molecule has 0 spiro atoms. The largest absolute Gasteiger partial charge is 0.478 e. The molecule has 2 heterocycles. The highest BCUT2D eigenvalue weighted by Crippen LogP contribution is 2.28. The number of nitrogens with zero attached hydrogens (tertiary/aromatic N) is 2. The van der Waals surface area contributed by atoms with Gasteiger partial charge in [-0.25, -0.2) is 27.0 Å². The molecule has 188 valence electrons. The number of nitrogens with one attached hydrogen (secondary N) is 1. The van der Waals surface area contributed by atoms with Gasteiger partial charge in [0.2, 0.25) is 16.1 Å². The van der Waals surface area contributed by atoms with E-state index in [1.807, 2.05) is 0 Å². The van der Waals surface area contributed by atoms with Crippen LogP contribution in [0.25, 0.3) is 0 Å². The number of halogens is 2.